The van der Waals surface area contributed by atoms with Crippen LogP contribution in [0.1, 0.15) is 33.8 Å². The molecule has 1 amide bonds. The highest BCUT2D eigenvalue weighted by molar-refractivity contribution is 7.17. The molecule has 1 aliphatic rings. The Balaban J connectivity index is 0.00000243. The molecular formula is C16H19ClF3N3O2S. The van der Waals surface area contributed by atoms with Crippen molar-refractivity contribution >= 4 is 29.7 Å². The monoisotopic (exact) mass is 409 g/mol. The summed E-state index contributed by atoms with van der Waals surface area (Å²) < 4.78 is 42.9. The third kappa shape index (κ3) is 4.05. The smallest absolute Gasteiger partial charge is 0.351 e. The van der Waals surface area contributed by atoms with Gasteiger partial charge in [-0.1, -0.05) is 5.16 Å². The van der Waals surface area contributed by atoms with Gasteiger partial charge in [-0.3, -0.25) is 4.79 Å². The number of piperidine rings is 1. The number of aromatic nitrogens is 1. The molecule has 0 aliphatic carbocycles. The zero-order chi connectivity index (χ0) is 18.2. The molecule has 0 spiro atoms. The number of amides is 1. The van der Waals surface area contributed by atoms with E-state index in [4.69, 9.17) is 0 Å². The lowest BCUT2D eigenvalue weighted by Gasteiger charge is -2.32. The van der Waals surface area contributed by atoms with Crippen molar-refractivity contribution in [1.82, 2.24) is 15.4 Å². The van der Waals surface area contributed by atoms with E-state index in [1.165, 1.54) is 6.92 Å². The number of hydrogen-bond donors (Lipinski definition) is 1. The van der Waals surface area contributed by atoms with Crippen LogP contribution in [-0.2, 0) is 6.18 Å². The lowest BCUT2D eigenvalue weighted by Crippen LogP contribution is -2.46. The van der Waals surface area contributed by atoms with Crippen molar-refractivity contribution in [3.8, 4) is 10.6 Å². The van der Waals surface area contributed by atoms with E-state index in [0.717, 1.165) is 24.2 Å². The van der Waals surface area contributed by atoms with Crippen LogP contribution in [0.3, 0.4) is 0 Å². The molecule has 1 fully saturated rings. The first-order valence-corrected chi connectivity index (χ1v) is 8.73. The van der Waals surface area contributed by atoms with Gasteiger partial charge in [0.25, 0.3) is 5.91 Å². The molecule has 5 nitrogen and oxygen atoms in total. The summed E-state index contributed by atoms with van der Waals surface area (Å²) in [4.78, 5) is 15.4. The van der Waals surface area contributed by atoms with Crippen LogP contribution >= 0.6 is 23.7 Å². The summed E-state index contributed by atoms with van der Waals surface area (Å²) in [6.07, 6.45) is -2.64. The van der Waals surface area contributed by atoms with Crippen molar-refractivity contribution in [3.63, 3.8) is 0 Å². The maximum absolute atomic E-state index is 12.8. The molecule has 0 bridgehead atoms. The molecule has 0 aromatic carbocycles. The van der Waals surface area contributed by atoms with Crippen LogP contribution < -0.4 is 5.32 Å². The molecule has 0 radical (unpaired) electrons. The fourth-order valence-corrected chi connectivity index (χ4v) is 3.98. The fourth-order valence-electron chi connectivity index (χ4n) is 2.96. The summed E-state index contributed by atoms with van der Waals surface area (Å²) >= 11 is 1.13. The Hall–Kier alpha value is -1.58. The molecule has 1 N–H and O–H groups in total. The van der Waals surface area contributed by atoms with Gasteiger partial charge in [0, 0.05) is 24.7 Å². The van der Waals surface area contributed by atoms with Gasteiger partial charge in [-0.05, 0) is 38.9 Å². The van der Waals surface area contributed by atoms with E-state index >= 15 is 0 Å². The normalized spacial score (nSPS) is 17.9. The highest BCUT2D eigenvalue weighted by Crippen LogP contribution is 2.38. The summed E-state index contributed by atoms with van der Waals surface area (Å²) in [5.74, 6) is -1.20. The van der Waals surface area contributed by atoms with Gasteiger partial charge in [0.05, 0.1) is 9.75 Å². The number of halogens is 4. The zero-order valence-corrected chi connectivity index (χ0v) is 15.9. The van der Waals surface area contributed by atoms with Crippen LogP contribution in [-0.4, -0.2) is 42.1 Å². The third-order valence-electron chi connectivity index (χ3n) is 4.35. The molecular weight excluding hydrogens is 391 g/mol. The van der Waals surface area contributed by atoms with Crippen LogP contribution in [0.4, 0.5) is 13.2 Å². The number of carbonyl (C=O) groups is 1. The van der Waals surface area contributed by atoms with Gasteiger partial charge in [0.2, 0.25) is 5.76 Å². The maximum Gasteiger partial charge on any atom is 0.452 e. The molecule has 1 saturated heterocycles. The van der Waals surface area contributed by atoms with Gasteiger partial charge in [-0.25, -0.2) is 0 Å². The van der Waals surface area contributed by atoms with Crippen molar-refractivity contribution in [2.24, 2.45) is 0 Å². The number of rotatable bonds is 3. The molecule has 2 aromatic rings. The first-order valence-electron chi connectivity index (χ1n) is 7.91. The van der Waals surface area contributed by atoms with Gasteiger partial charge < -0.3 is 14.7 Å². The van der Waals surface area contributed by atoms with E-state index < -0.39 is 11.9 Å². The predicted octanol–water partition coefficient (Wildman–Crippen LogP) is 3.98. The minimum atomic E-state index is -4.58. The van der Waals surface area contributed by atoms with Crippen LogP contribution in [0.2, 0.25) is 0 Å². The summed E-state index contributed by atoms with van der Waals surface area (Å²) in [5.41, 5.74) is 0.0599. The number of nitrogens with zero attached hydrogens (tertiary/aromatic N) is 2. The van der Waals surface area contributed by atoms with Gasteiger partial charge in [-0.2, -0.15) is 13.2 Å². The van der Waals surface area contributed by atoms with Crippen molar-refractivity contribution in [3.05, 3.63) is 28.3 Å². The molecule has 3 heterocycles. The van der Waals surface area contributed by atoms with Crippen LogP contribution in [0.15, 0.2) is 16.7 Å². The SMILES string of the molecule is CN[C@H]1CCCN(C(=O)c2ccc(-c3noc(C(F)(F)F)c3C)s2)C1.Cl. The lowest BCUT2D eigenvalue weighted by molar-refractivity contribution is -0.156. The molecule has 0 unspecified atom stereocenters. The molecule has 10 heteroatoms. The summed E-state index contributed by atoms with van der Waals surface area (Å²) in [7, 11) is 1.87. The lowest BCUT2D eigenvalue weighted by atomic mass is 10.1. The Morgan fingerprint density at radius 2 is 2.15 bits per heavy atom. The molecule has 26 heavy (non-hydrogen) atoms. The minimum Gasteiger partial charge on any atom is -0.351 e. The van der Waals surface area contributed by atoms with E-state index in [0.29, 0.717) is 22.8 Å². The van der Waals surface area contributed by atoms with E-state index in [9.17, 15) is 18.0 Å². The maximum atomic E-state index is 12.8. The number of nitrogens with one attached hydrogen (secondary N) is 1. The van der Waals surface area contributed by atoms with Crippen molar-refractivity contribution in [2.45, 2.75) is 32.0 Å². The molecule has 144 valence electrons. The summed E-state index contributed by atoms with van der Waals surface area (Å²) in [5, 5.41) is 6.72. The number of likely N-dealkylation sites (N-methyl/N-ethyl adjacent to an activating group) is 1. The average molecular weight is 410 g/mol. The third-order valence-corrected chi connectivity index (χ3v) is 5.43. The van der Waals surface area contributed by atoms with Gasteiger partial charge in [-0.15, -0.1) is 23.7 Å². The van der Waals surface area contributed by atoms with Crippen molar-refractivity contribution < 1.29 is 22.5 Å². The predicted molar refractivity (Wildman–Crippen MR) is 94.8 cm³/mol. The van der Waals surface area contributed by atoms with E-state index in [1.807, 2.05) is 7.05 Å². The van der Waals surface area contributed by atoms with Crippen LogP contribution in [0.5, 0.6) is 0 Å². The van der Waals surface area contributed by atoms with Crippen LogP contribution in [0, 0.1) is 6.92 Å². The van der Waals surface area contributed by atoms with Gasteiger partial charge in [0.1, 0.15) is 5.69 Å². The first kappa shape index (κ1) is 20.7. The van der Waals surface area contributed by atoms with E-state index in [2.05, 4.69) is 15.0 Å². The Bertz CT molecular complexity index is 775. The zero-order valence-electron chi connectivity index (χ0n) is 14.2. The average Bonchev–Trinajstić information content (AvgIpc) is 3.20. The van der Waals surface area contributed by atoms with Crippen molar-refractivity contribution in [1.29, 1.82) is 0 Å². The number of hydrogen-bond acceptors (Lipinski definition) is 5. The van der Waals surface area contributed by atoms with E-state index in [1.54, 1.807) is 17.0 Å². The molecule has 3 rings (SSSR count). The van der Waals surface area contributed by atoms with Crippen LogP contribution in [0.25, 0.3) is 10.6 Å². The molecule has 1 atom stereocenters. The van der Waals surface area contributed by atoms with Gasteiger partial charge in [0.15, 0.2) is 0 Å². The van der Waals surface area contributed by atoms with E-state index in [-0.39, 0.29) is 35.6 Å². The minimum absolute atomic E-state index is 0. The molecule has 0 saturated carbocycles. The number of alkyl halides is 3. The summed E-state index contributed by atoms with van der Waals surface area (Å²) in [6, 6.07) is 3.51. The number of carbonyl (C=O) groups excluding carboxylic acids is 1. The standard InChI is InChI=1S/C16H18F3N3O2S.ClH/c1-9-13(21-24-14(9)16(17,18)19)11-5-6-12(25-11)15(23)22-7-3-4-10(8-22)20-2;/h5-6,10,20H,3-4,7-8H2,1-2H3;1H/t10-;/m0./s1. The van der Waals surface area contributed by atoms with Crippen molar-refractivity contribution in [2.75, 3.05) is 20.1 Å². The largest absolute Gasteiger partial charge is 0.452 e. The number of likely N-dealkylation sites (tertiary alicyclic amines) is 1. The highest BCUT2D eigenvalue weighted by atomic mass is 35.5. The quantitative estimate of drug-likeness (QED) is 0.833. The number of thiophene rings is 1. The Kier molecular flexibility index (Phi) is 6.36. The van der Waals surface area contributed by atoms with Gasteiger partial charge >= 0.3 is 6.18 Å². The second kappa shape index (κ2) is 7.98. The Morgan fingerprint density at radius 1 is 1.42 bits per heavy atom. The topological polar surface area (TPSA) is 58.4 Å². The second-order valence-corrected chi connectivity index (χ2v) is 7.11. The highest BCUT2D eigenvalue weighted by Gasteiger charge is 2.39. The fraction of sp³-hybridized carbons (Fsp3) is 0.500. The first-order chi connectivity index (χ1) is 11.8. The Labute approximate surface area is 158 Å². The Morgan fingerprint density at radius 3 is 2.77 bits per heavy atom. The second-order valence-electron chi connectivity index (χ2n) is 6.03. The summed E-state index contributed by atoms with van der Waals surface area (Å²) in [6.45, 7) is 2.63. The molecule has 1 aliphatic heterocycles. The molecule has 2 aromatic heterocycles.